The molecule has 1 aliphatic heterocycles. The summed E-state index contributed by atoms with van der Waals surface area (Å²) in [6, 6.07) is 0.412. The third kappa shape index (κ3) is 8.47. The van der Waals surface area contributed by atoms with E-state index < -0.39 is 5.60 Å². The lowest BCUT2D eigenvalue weighted by atomic mass is 10.1. The van der Waals surface area contributed by atoms with Gasteiger partial charge in [0.1, 0.15) is 0 Å². The van der Waals surface area contributed by atoms with Crippen molar-refractivity contribution in [1.82, 2.24) is 10.2 Å². The number of nitrogens with one attached hydrogen (secondary N) is 1. The summed E-state index contributed by atoms with van der Waals surface area (Å²) in [7, 11) is 0. The summed E-state index contributed by atoms with van der Waals surface area (Å²) in [5, 5.41) is 13.9. The average Bonchev–Trinajstić information content (AvgIpc) is 2.34. The smallest absolute Gasteiger partial charge is 0.0869 e. The normalized spacial score (nSPS) is 22.5. The van der Waals surface area contributed by atoms with Gasteiger partial charge in [-0.1, -0.05) is 20.8 Å². The molecule has 2 unspecified atom stereocenters. The molecule has 0 aliphatic carbocycles. The fraction of sp³-hybridized carbons (Fsp3) is 1.00. The maximum atomic E-state index is 10.5. The van der Waals surface area contributed by atoms with Crippen LogP contribution in [-0.4, -0.2) is 71.5 Å². The summed E-state index contributed by atoms with van der Waals surface area (Å²) in [5.41, 5.74) is -0.683. The molecule has 0 aromatic rings. The highest BCUT2D eigenvalue weighted by Gasteiger charge is 2.25. The number of β-amino-alcohol motifs (C(OH)–C–C–N with tert-alkyl or cyclic N) is 1. The maximum absolute atomic E-state index is 10.5. The molecule has 2 N–H and O–H groups in total. The van der Waals surface area contributed by atoms with E-state index in [9.17, 15) is 5.11 Å². The molecule has 0 aromatic carbocycles. The van der Waals surface area contributed by atoms with Crippen molar-refractivity contribution in [3.63, 3.8) is 0 Å². The van der Waals surface area contributed by atoms with E-state index in [1.54, 1.807) is 0 Å². The van der Waals surface area contributed by atoms with Crippen LogP contribution in [0.3, 0.4) is 0 Å². The molecule has 0 radical (unpaired) electrons. The van der Waals surface area contributed by atoms with Gasteiger partial charge in [-0.3, -0.25) is 4.90 Å². The molecule has 1 heterocycles. The molecular formula is C15H32N2O2S. The molecular weight excluding hydrogens is 272 g/mol. The Morgan fingerprint density at radius 2 is 1.85 bits per heavy atom. The Labute approximate surface area is 128 Å². The van der Waals surface area contributed by atoms with Crippen LogP contribution < -0.4 is 5.32 Å². The summed E-state index contributed by atoms with van der Waals surface area (Å²) in [6.45, 7) is 15.6. The molecule has 1 fully saturated rings. The lowest BCUT2D eigenvalue weighted by molar-refractivity contribution is -0.0224. The SMILES string of the molecule is CC(CSC(C)(C)C)NCC(C)(O)CN1CCOCC1. The lowest BCUT2D eigenvalue weighted by Gasteiger charge is -2.34. The van der Waals surface area contributed by atoms with Crippen molar-refractivity contribution in [2.24, 2.45) is 0 Å². The lowest BCUT2D eigenvalue weighted by Crippen LogP contribution is -2.52. The van der Waals surface area contributed by atoms with Crippen LogP contribution >= 0.6 is 11.8 Å². The van der Waals surface area contributed by atoms with Gasteiger partial charge in [0.05, 0.1) is 18.8 Å². The second kappa shape index (κ2) is 7.99. The standard InChI is InChI=1S/C15H32N2O2S/c1-13(10-20-14(2,3)4)16-11-15(5,18)12-17-6-8-19-9-7-17/h13,16,18H,6-12H2,1-5H3. The van der Waals surface area contributed by atoms with E-state index in [1.807, 2.05) is 18.7 Å². The zero-order valence-electron chi connectivity index (χ0n) is 13.7. The van der Waals surface area contributed by atoms with Gasteiger partial charge in [-0.05, 0) is 13.8 Å². The molecule has 2 atom stereocenters. The molecule has 120 valence electrons. The maximum Gasteiger partial charge on any atom is 0.0869 e. The van der Waals surface area contributed by atoms with E-state index in [1.165, 1.54) is 0 Å². The largest absolute Gasteiger partial charge is 0.388 e. The Morgan fingerprint density at radius 1 is 1.25 bits per heavy atom. The summed E-state index contributed by atoms with van der Waals surface area (Å²) in [6.07, 6.45) is 0. The first-order valence-corrected chi connectivity index (χ1v) is 8.56. The van der Waals surface area contributed by atoms with E-state index in [0.717, 1.165) is 32.1 Å². The van der Waals surface area contributed by atoms with E-state index in [2.05, 4.69) is 37.9 Å². The second-order valence-corrected chi connectivity index (χ2v) is 8.94. The van der Waals surface area contributed by atoms with E-state index in [-0.39, 0.29) is 0 Å². The number of hydrogen-bond donors (Lipinski definition) is 2. The van der Waals surface area contributed by atoms with Crippen LogP contribution in [0.1, 0.15) is 34.6 Å². The summed E-state index contributed by atoms with van der Waals surface area (Å²) >= 11 is 1.96. The minimum absolute atomic E-state index is 0.298. The third-order valence-corrected chi connectivity index (χ3v) is 4.80. The van der Waals surface area contributed by atoms with Crippen molar-refractivity contribution in [2.75, 3.05) is 45.1 Å². The first-order chi connectivity index (χ1) is 9.18. The highest BCUT2D eigenvalue weighted by atomic mass is 32.2. The summed E-state index contributed by atoms with van der Waals surface area (Å²) in [5.74, 6) is 1.07. The summed E-state index contributed by atoms with van der Waals surface area (Å²) in [4.78, 5) is 2.28. The van der Waals surface area contributed by atoms with Crippen molar-refractivity contribution >= 4 is 11.8 Å². The van der Waals surface area contributed by atoms with Crippen LogP contribution in [-0.2, 0) is 4.74 Å². The predicted octanol–water partition coefficient (Wildman–Crippen LogP) is 1.58. The number of ether oxygens (including phenoxy) is 1. The molecule has 0 aromatic heterocycles. The first-order valence-electron chi connectivity index (χ1n) is 7.58. The van der Waals surface area contributed by atoms with Crippen LogP contribution in [0.4, 0.5) is 0 Å². The van der Waals surface area contributed by atoms with Crippen LogP contribution in [0.25, 0.3) is 0 Å². The zero-order valence-corrected chi connectivity index (χ0v) is 14.6. The van der Waals surface area contributed by atoms with Crippen molar-refractivity contribution in [3.05, 3.63) is 0 Å². The average molecular weight is 305 g/mol. The van der Waals surface area contributed by atoms with Crippen molar-refractivity contribution < 1.29 is 9.84 Å². The minimum Gasteiger partial charge on any atom is -0.388 e. The Balaban J connectivity index is 2.23. The minimum atomic E-state index is -0.683. The van der Waals surface area contributed by atoms with E-state index in [0.29, 0.717) is 23.9 Å². The van der Waals surface area contributed by atoms with Gasteiger partial charge < -0.3 is 15.2 Å². The molecule has 20 heavy (non-hydrogen) atoms. The molecule has 1 saturated heterocycles. The molecule has 0 spiro atoms. The second-order valence-electron chi connectivity index (χ2n) is 7.09. The van der Waals surface area contributed by atoms with Gasteiger partial charge >= 0.3 is 0 Å². The van der Waals surface area contributed by atoms with Crippen molar-refractivity contribution in [2.45, 2.75) is 51.0 Å². The van der Waals surface area contributed by atoms with Crippen LogP contribution in [0.5, 0.6) is 0 Å². The van der Waals surface area contributed by atoms with E-state index >= 15 is 0 Å². The molecule has 1 aliphatic rings. The molecule has 0 amide bonds. The highest BCUT2D eigenvalue weighted by Crippen LogP contribution is 2.23. The highest BCUT2D eigenvalue weighted by molar-refractivity contribution is 8.00. The van der Waals surface area contributed by atoms with Gasteiger partial charge in [0.15, 0.2) is 0 Å². The van der Waals surface area contributed by atoms with Gasteiger partial charge in [0.2, 0.25) is 0 Å². The zero-order chi connectivity index (χ0) is 15.2. The van der Waals surface area contributed by atoms with Gasteiger partial charge in [-0.15, -0.1) is 0 Å². The van der Waals surface area contributed by atoms with Crippen LogP contribution in [0.15, 0.2) is 0 Å². The predicted molar refractivity (Wildman–Crippen MR) is 87.6 cm³/mol. The van der Waals surface area contributed by atoms with Gasteiger partial charge in [0.25, 0.3) is 0 Å². The molecule has 4 nitrogen and oxygen atoms in total. The van der Waals surface area contributed by atoms with Gasteiger partial charge in [-0.25, -0.2) is 0 Å². The Hall–Kier alpha value is 0.190. The van der Waals surface area contributed by atoms with Gasteiger partial charge in [-0.2, -0.15) is 11.8 Å². The fourth-order valence-electron chi connectivity index (χ4n) is 2.12. The number of thioether (sulfide) groups is 1. The van der Waals surface area contributed by atoms with Crippen LogP contribution in [0.2, 0.25) is 0 Å². The molecule has 1 rings (SSSR count). The first kappa shape index (κ1) is 18.2. The molecule has 5 heteroatoms. The van der Waals surface area contributed by atoms with Gasteiger partial charge in [0, 0.05) is 42.7 Å². The number of aliphatic hydroxyl groups is 1. The Morgan fingerprint density at radius 3 is 2.40 bits per heavy atom. The number of rotatable bonds is 7. The molecule has 0 saturated carbocycles. The Bertz CT molecular complexity index is 274. The summed E-state index contributed by atoms with van der Waals surface area (Å²) < 4.78 is 5.63. The topological polar surface area (TPSA) is 44.7 Å². The fourth-order valence-corrected chi connectivity index (χ4v) is 2.99. The number of nitrogens with zero attached hydrogens (tertiary/aromatic N) is 1. The Kier molecular flexibility index (Phi) is 7.29. The quantitative estimate of drug-likeness (QED) is 0.748. The number of hydrogen-bond acceptors (Lipinski definition) is 5. The number of morpholine rings is 1. The van der Waals surface area contributed by atoms with Crippen LogP contribution in [0, 0.1) is 0 Å². The van der Waals surface area contributed by atoms with E-state index in [4.69, 9.17) is 4.74 Å². The van der Waals surface area contributed by atoms with Crippen molar-refractivity contribution in [3.8, 4) is 0 Å². The third-order valence-electron chi connectivity index (χ3n) is 3.27. The monoisotopic (exact) mass is 304 g/mol. The van der Waals surface area contributed by atoms with Crippen molar-refractivity contribution in [1.29, 1.82) is 0 Å². The molecule has 0 bridgehead atoms.